The first-order valence-electron chi connectivity index (χ1n) is 16.9. The molecule has 5 aromatic rings. The predicted molar refractivity (Wildman–Crippen MR) is 188 cm³/mol. The van der Waals surface area contributed by atoms with E-state index in [4.69, 9.17) is 21.3 Å². The molecule has 8 heteroatoms. The number of nitrogens with zero attached hydrogens (tertiary/aromatic N) is 2. The molecule has 2 N–H and O–H groups in total. The number of hydrogen-bond acceptors (Lipinski definition) is 5. The number of carbonyl (C=O) groups excluding carboxylic acids is 1. The van der Waals surface area contributed by atoms with Crippen LogP contribution in [0.15, 0.2) is 84.9 Å². The van der Waals surface area contributed by atoms with Crippen LogP contribution in [0.4, 0.5) is 0 Å². The summed E-state index contributed by atoms with van der Waals surface area (Å²) in [7, 11) is 0. The van der Waals surface area contributed by atoms with Crippen molar-refractivity contribution in [3.05, 3.63) is 107 Å². The van der Waals surface area contributed by atoms with E-state index in [0.29, 0.717) is 53.6 Å². The van der Waals surface area contributed by atoms with Gasteiger partial charge in [-0.05, 0) is 116 Å². The fourth-order valence-electron chi connectivity index (χ4n) is 7.36. The molecule has 0 aliphatic heterocycles. The van der Waals surface area contributed by atoms with Crippen LogP contribution in [-0.2, 0) is 6.61 Å². The van der Waals surface area contributed by atoms with E-state index in [1.165, 1.54) is 19.3 Å². The van der Waals surface area contributed by atoms with Gasteiger partial charge >= 0.3 is 5.97 Å². The predicted octanol–water partition coefficient (Wildman–Crippen LogP) is 9.54. The number of ketones is 1. The van der Waals surface area contributed by atoms with Crippen molar-refractivity contribution in [1.82, 2.24) is 9.55 Å². The molecule has 2 aliphatic rings. The fraction of sp³-hybridized carbons (Fsp3) is 0.325. The lowest BCUT2D eigenvalue weighted by Gasteiger charge is -2.25. The highest BCUT2D eigenvalue weighted by Crippen LogP contribution is 2.37. The molecule has 0 atom stereocenters. The van der Waals surface area contributed by atoms with E-state index < -0.39 is 5.97 Å². The number of carboxylic acids is 1. The van der Waals surface area contributed by atoms with Crippen molar-refractivity contribution in [1.29, 1.82) is 0 Å². The standard InChI is InChI=1S/C40H39ClN2O5/c41-31-14-6-25(7-15-31)35-20-12-28(38(45)26-8-16-33(44)17-9-26)22-30(35)24-48-34-18-10-27(11-19-34)39-42-36-23-29(40(46)47)13-21-37(36)43(39)32-4-2-1-3-5-32/h6-7,10-15,18-23,26,32-33,44H,1-5,8-9,16-17,24H2,(H,46,47). The summed E-state index contributed by atoms with van der Waals surface area (Å²) in [6, 6.07) is 26.9. The number of hydrogen-bond donors (Lipinski definition) is 2. The summed E-state index contributed by atoms with van der Waals surface area (Å²) >= 11 is 6.18. The van der Waals surface area contributed by atoms with Crippen molar-refractivity contribution in [3.63, 3.8) is 0 Å². The molecule has 0 saturated heterocycles. The van der Waals surface area contributed by atoms with Gasteiger partial charge in [-0.3, -0.25) is 4.79 Å². The maximum absolute atomic E-state index is 13.5. The Kier molecular flexibility index (Phi) is 9.33. The number of aliphatic hydroxyl groups is 1. The molecule has 0 unspecified atom stereocenters. The molecule has 0 spiro atoms. The normalized spacial score (nSPS) is 18.5. The van der Waals surface area contributed by atoms with Gasteiger partial charge in [-0.15, -0.1) is 0 Å². The number of benzene rings is 4. The monoisotopic (exact) mass is 662 g/mol. The van der Waals surface area contributed by atoms with Crippen molar-refractivity contribution < 1.29 is 24.5 Å². The van der Waals surface area contributed by atoms with Crippen molar-refractivity contribution in [2.24, 2.45) is 5.92 Å². The Morgan fingerprint density at radius 1 is 0.792 bits per heavy atom. The topological polar surface area (TPSA) is 102 Å². The summed E-state index contributed by atoms with van der Waals surface area (Å²) in [5.41, 5.74) is 6.33. The van der Waals surface area contributed by atoms with Crippen LogP contribution in [0.5, 0.6) is 5.75 Å². The lowest BCUT2D eigenvalue weighted by Crippen LogP contribution is -2.24. The average molecular weight is 663 g/mol. The molecule has 246 valence electrons. The molecule has 7 rings (SSSR count). The summed E-state index contributed by atoms with van der Waals surface area (Å²) in [6.07, 6.45) is 8.11. The summed E-state index contributed by atoms with van der Waals surface area (Å²) in [5, 5.41) is 20.2. The number of ether oxygens (including phenoxy) is 1. The number of aliphatic hydroxyl groups excluding tert-OH is 1. The lowest BCUT2D eigenvalue weighted by molar-refractivity contribution is 0.0695. The van der Waals surface area contributed by atoms with Gasteiger partial charge in [-0.2, -0.15) is 0 Å². The molecule has 7 nitrogen and oxygen atoms in total. The second kappa shape index (κ2) is 14.0. The molecule has 4 aromatic carbocycles. The van der Waals surface area contributed by atoms with Gasteiger partial charge in [-0.1, -0.05) is 55.1 Å². The van der Waals surface area contributed by atoms with Crippen LogP contribution in [0.1, 0.15) is 90.1 Å². The molecule has 1 aromatic heterocycles. The van der Waals surface area contributed by atoms with Crippen molar-refractivity contribution in [3.8, 4) is 28.3 Å². The maximum Gasteiger partial charge on any atom is 0.335 e. The van der Waals surface area contributed by atoms with E-state index in [9.17, 15) is 19.8 Å². The van der Waals surface area contributed by atoms with E-state index in [2.05, 4.69) is 4.57 Å². The molecule has 0 amide bonds. The first kappa shape index (κ1) is 32.1. The minimum Gasteiger partial charge on any atom is -0.489 e. The number of imidazole rings is 1. The molecule has 0 radical (unpaired) electrons. The first-order valence-corrected chi connectivity index (χ1v) is 17.3. The van der Waals surface area contributed by atoms with Gasteiger partial charge < -0.3 is 19.5 Å². The van der Waals surface area contributed by atoms with Gasteiger partial charge in [0.2, 0.25) is 0 Å². The smallest absolute Gasteiger partial charge is 0.335 e. The summed E-state index contributed by atoms with van der Waals surface area (Å²) in [6.45, 7) is 0.264. The Balaban J connectivity index is 1.16. The summed E-state index contributed by atoms with van der Waals surface area (Å²) < 4.78 is 8.64. The second-order valence-corrected chi connectivity index (χ2v) is 13.6. The van der Waals surface area contributed by atoms with Gasteiger partial charge in [0.1, 0.15) is 18.2 Å². The van der Waals surface area contributed by atoms with Crippen LogP contribution in [0.3, 0.4) is 0 Å². The van der Waals surface area contributed by atoms with E-state index in [-0.39, 0.29) is 30.0 Å². The van der Waals surface area contributed by atoms with E-state index in [1.54, 1.807) is 12.1 Å². The zero-order valence-corrected chi connectivity index (χ0v) is 27.5. The Labute approximate surface area is 285 Å². The highest BCUT2D eigenvalue weighted by Gasteiger charge is 2.27. The highest BCUT2D eigenvalue weighted by atomic mass is 35.5. The molecule has 2 aliphatic carbocycles. The van der Waals surface area contributed by atoms with Gasteiger partial charge in [0.15, 0.2) is 5.78 Å². The zero-order chi connectivity index (χ0) is 33.2. The first-order chi connectivity index (χ1) is 23.3. The number of aromatic nitrogens is 2. The molecule has 2 saturated carbocycles. The van der Waals surface area contributed by atoms with Crippen molar-refractivity contribution in [2.75, 3.05) is 0 Å². The third-order valence-electron chi connectivity index (χ3n) is 10.00. The van der Waals surface area contributed by atoms with Crippen LogP contribution in [0.25, 0.3) is 33.5 Å². The van der Waals surface area contributed by atoms with Crippen molar-refractivity contribution in [2.45, 2.75) is 76.5 Å². The number of fused-ring (bicyclic) bond motifs is 1. The number of carbonyl (C=O) groups is 2. The Morgan fingerprint density at radius 3 is 2.19 bits per heavy atom. The van der Waals surface area contributed by atoms with E-state index in [1.807, 2.05) is 72.8 Å². The molecule has 1 heterocycles. The number of aromatic carboxylic acids is 1. The largest absolute Gasteiger partial charge is 0.489 e. The van der Waals surface area contributed by atoms with Crippen LogP contribution in [0.2, 0.25) is 5.02 Å². The molecule has 2 fully saturated rings. The summed E-state index contributed by atoms with van der Waals surface area (Å²) in [4.78, 5) is 30.1. The van der Waals surface area contributed by atoms with Gasteiger partial charge in [0.25, 0.3) is 0 Å². The van der Waals surface area contributed by atoms with E-state index >= 15 is 0 Å². The highest BCUT2D eigenvalue weighted by molar-refractivity contribution is 6.30. The van der Waals surface area contributed by atoms with E-state index in [0.717, 1.165) is 46.4 Å². The third-order valence-corrected chi connectivity index (χ3v) is 10.2. The number of carboxylic acid groups (broad SMARTS) is 1. The van der Waals surface area contributed by atoms with Gasteiger partial charge in [0.05, 0.1) is 22.7 Å². The maximum atomic E-state index is 13.5. The molecule has 48 heavy (non-hydrogen) atoms. The fourth-order valence-corrected chi connectivity index (χ4v) is 7.48. The molecular formula is C40H39ClN2O5. The zero-order valence-electron chi connectivity index (χ0n) is 26.8. The molecule has 0 bridgehead atoms. The number of rotatable bonds is 9. The Bertz CT molecular complexity index is 1940. The van der Waals surface area contributed by atoms with Crippen LogP contribution in [0, 0.1) is 5.92 Å². The number of Topliss-reactive ketones (excluding diaryl/α,β-unsaturated/α-hetero) is 1. The lowest BCUT2D eigenvalue weighted by atomic mass is 9.82. The van der Waals surface area contributed by atoms with Crippen LogP contribution in [-0.4, -0.2) is 37.6 Å². The van der Waals surface area contributed by atoms with Crippen molar-refractivity contribution >= 4 is 34.4 Å². The average Bonchev–Trinajstić information content (AvgIpc) is 3.50. The van der Waals surface area contributed by atoms with Crippen LogP contribution >= 0.6 is 11.6 Å². The quantitative estimate of drug-likeness (QED) is 0.152. The number of halogens is 1. The Hall–Kier alpha value is -4.46. The minimum atomic E-state index is -0.963. The second-order valence-electron chi connectivity index (χ2n) is 13.2. The SMILES string of the molecule is O=C(O)c1ccc2c(c1)nc(-c1ccc(OCc3cc(C(=O)C4CCC(O)CC4)ccc3-c3ccc(Cl)cc3)cc1)n2C1CCCCC1. The van der Waals surface area contributed by atoms with Crippen LogP contribution < -0.4 is 4.74 Å². The molecular weight excluding hydrogens is 624 g/mol. The summed E-state index contributed by atoms with van der Waals surface area (Å²) in [5.74, 6) is 0.594. The van der Waals surface area contributed by atoms with Gasteiger partial charge in [0, 0.05) is 28.1 Å². The van der Waals surface area contributed by atoms with Gasteiger partial charge in [-0.25, -0.2) is 9.78 Å². The Morgan fingerprint density at radius 2 is 1.48 bits per heavy atom. The minimum absolute atomic E-state index is 0.0790. The third kappa shape index (κ3) is 6.75.